The fourth-order valence-corrected chi connectivity index (χ4v) is 4.32. The van der Waals surface area contributed by atoms with Crippen molar-refractivity contribution in [3.63, 3.8) is 0 Å². The van der Waals surface area contributed by atoms with Gasteiger partial charge in [0.1, 0.15) is 5.82 Å². The molecule has 7 nitrogen and oxygen atoms in total. The summed E-state index contributed by atoms with van der Waals surface area (Å²) in [6.07, 6.45) is -0.0943. The number of hydrogen-bond donors (Lipinski definition) is 3. The van der Waals surface area contributed by atoms with Gasteiger partial charge < -0.3 is 20.3 Å². The molecule has 2 aromatic carbocycles. The van der Waals surface area contributed by atoms with Crippen molar-refractivity contribution < 1.29 is 19.1 Å². The molecular weight excluding hydrogens is 421 g/mol. The average molecular weight is 436 g/mol. The predicted molar refractivity (Wildman–Crippen MR) is 108 cm³/mol. The summed E-state index contributed by atoms with van der Waals surface area (Å²) in [5, 5.41) is 13.4. The highest BCUT2D eigenvalue weighted by Gasteiger charge is 2.51. The Morgan fingerprint density at radius 3 is 2.86 bits per heavy atom. The third-order valence-electron chi connectivity index (χ3n) is 4.76. The van der Waals surface area contributed by atoms with Crippen LogP contribution in [-0.2, 0) is 16.1 Å². The molecule has 2 amide bonds. The zero-order valence-electron chi connectivity index (χ0n) is 14.9. The van der Waals surface area contributed by atoms with E-state index in [9.17, 15) is 23.9 Å². The molecule has 3 aromatic rings. The maximum atomic E-state index is 13.4. The molecule has 1 aliphatic rings. The van der Waals surface area contributed by atoms with Gasteiger partial charge in [0.25, 0.3) is 11.8 Å². The Bertz CT molecular complexity index is 1170. The molecule has 10 heteroatoms. The number of aliphatic hydroxyl groups is 1. The first-order valence-electron chi connectivity index (χ1n) is 8.67. The topological polar surface area (TPSA) is 102 Å². The van der Waals surface area contributed by atoms with Crippen LogP contribution in [0.2, 0.25) is 5.02 Å². The molecule has 1 aromatic heterocycles. The molecule has 1 atom stereocenters. The highest BCUT2D eigenvalue weighted by atomic mass is 35.5. The summed E-state index contributed by atoms with van der Waals surface area (Å²) in [5.41, 5.74) is -0.685. The number of hydrogen-bond acceptors (Lipinski definition) is 5. The molecule has 0 bridgehead atoms. The van der Waals surface area contributed by atoms with Crippen LogP contribution >= 0.6 is 22.9 Å². The highest BCUT2D eigenvalue weighted by Crippen LogP contribution is 2.31. The number of thiazole rings is 1. The second kappa shape index (κ2) is 7.25. The summed E-state index contributed by atoms with van der Waals surface area (Å²) in [6, 6.07) is 8.79. The Morgan fingerprint density at radius 2 is 2.10 bits per heavy atom. The second-order valence-electron chi connectivity index (χ2n) is 6.72. The lowest BCUT2D eigenvalue weighted by molar-refractivity contribution is -0.149. The van der Waals surface area contributed by atoms with E-state index in [1.165, 1.54) is 17.0 Å². The molecule has 0 unspecified atom stereocenters. The molecule has 150 valence electrons. The first-order valence-corrected chi connectivity index (χ1v) is 9.86. The van der Waals surface area contributed by atoms with Crippen LogP contribution in [0.5, 0.6) is 0 Å². The summed E-state index contributed by atoms with van der Waals surface area (Å²) in [7, 11) is 0. The van der Waals surface area contributed by atoms with E-state index in [2.05, 4.69) is 10.3 Å². The number of amides is 2. The van der Waals surface area contributed by atoms with E-state index >= 15 is 0 Å². The Morgan fingerprint density at radius 1 is 1.31 bits per heavy atom. The van der Waals surface area contributed by atoms with Crippen molar-refractivity contribution in [1.29, 1.82) is 0 Å². The summed E-state index contributed by atoms with van der Waals surface area (Å²) < 4.78 is 14.1. The van der Waals surface area contributed by atoms with Crippen molar-refractivity contribution in [2.45, 2.75) is 18.6 Å². The third-order valence-corrected chi connectivity index (χ3v) is 5.83. The molecule has 3 N–H and O–H groups in total. The van der Waals surface area contributed by atoms with Crippen LogP contribution in [0, 0.1) is 5.82 Å². The minimum Gasteiger partial charge on any atom is -0.372 e. The van der Waals surface area contributed by atoms with E-state index in [1.807, 2.05) is 0 Å². The number of fused-ring (bicyclic) bond motifs is 1. The number of benzene rings is 2. The van der Waals surface area contributed by atoms with Crippen molar-refractivity contribution in [2.24, 2.45) is 0 Å². The summed E-state index contributed by atoms with van der Waals surface area (Å²) in [5.74, 6) is -2.17. The largest absolute Gasteiger partial charge is 0.372 e. The predicted octanol–water partition coefficient (Wildman–Crippen LogP) is 2.17. The molecular formula is C19H15ClFN3O4S. The monoisotopic (exact) mass is 435 g/mol. The molecule has 0 saturated carbocycles. The van der Waals surface area contributed by atoms with Crippen molar-refractivity contribution in [3.8, 4) is 0 Å². The van der Waals surface area contributed by atoms with Gasteiger partial charge in [0.15, 0.2) is 0 Å². The zero-order valence-corrected chi connectivity index (χ0v) is 16.4. The SMILES string of the molecule is O=C(NCc1cc(F)cc(Cl)c1)[C@@]1(O)CCN(c2ccc3[nH]c(=O)sc3c2)C1=O. The number of H-pyrrole nitrogens is 1. The van der Waals surface area contributed by atoms with Crippen LogP contribution in [0.25, 0.3) is 10.2 Å². The van der Waals surface area contributed by atoms with Crippen molar-refractivity contribution >= 4 is 50.7 Å². The van der Waals surface area contributed by atoms with Gasteiger partial charge in [0, 0.05) is 30.2 Å². The van der Waals surface area contributed by atoms with E-state index < -0.39 is 23.2 Å². The molecule has 2 heterocycles. The van der Waals surface area contributed by atoms with E-state index in [0.29, 0.717) is 21.5 Å². The quantitative estimate of drug-likeness (QED) is 0.546. The fourth-order valence-electron chi connectivity index (χ4n) is 3.31. The normalized spacial score (nSPS) is 19.1. The van der Waals surface area contributed by atoms with Crippen LogP contribution in [0.15, 0.2) is 41.2 Å². The smallest absolute Gasteiger partial charge is 0.305 e. The molecule has 29 heavy (non-hydrogen) atoms. The summed E-state index contributed by atoms with van der Waals surface area (Å²) >= 11 is 6.80. The van der Waals surface area contributed by atoms with Gasteiger partial charge in [-0.3, -0.25) is 14.4 Å². The number of aromatic amines is 1. The molecule has 0 aliphatic carbocycles. The molecule has 1 aliphatic heterocycles. The Kier molecular flexibility index (Phi) is 4.89. The number of anilines is 1. The van der Waals surface area contributed by atoms with Crippen molar-refractivity contribution in [3.05, 3.63) is 62.5 Å². The molecule has 4 rings (SSSR count). The van der Waals surface area contributed by atoms with Crippen molar-refractivity contribution in [2.75, 3.05) is 11.4 Å². The number of rotatable bonds is 4. The van der Waals surface area contributed by atoms with Gasteiger partial charge in [-0.2, -0.15) is 0 Å². The molecule has 1 fully saturated rings. The summed E-state index contributed by atoms with van der Waals surface area (Å²) in [4.78, 5) is 40.6. The van der Waals surface area contributed by atoms with Gasteiger partial charge in [0.2, 0.25) is 5.60 Å². The van der Waals surface area contributed by atoms with Crippen molar-refractivity contribution in [1.82, 2.24) is 10.3 Å². The lowest BCUT2D eigenvalue weighted by atomic mass is 10.0. The van der Waals surface area contributed by atoms with Crippen LogP contribution in [0.3, 0.4) is 0 Å². The van der Waals surface area contributed by atoms with E-state index in [-0.39, 0.29) is 29.4 Å². The number of halogens is 2. The lowest BCUT2D eigenvalue weighted by Crippen LogP contribution is -2.52. The number of carbonyl (C=O) groups excluding carboxylic acids is 2. The second-order valence-corrected chi connectivity index (χ2v) is 8.17. The zero-order chi connectivity index (χ0) is 20.8. The van der Waals surface area contributed by atoms with Gasteiger partial charge in [-0.25, -0.2) is 4.39 Å². The van der Waals surface area contributed by atoms with Gasteiger partial charge in [-0.05, 0) is 42.0 Å². The Balaban J connectivity index is 1.51. The number of nitrogens with zero attached hydrogens (tertiary/aromatic N) is 1. The highest BCUT2D eigenvalue weighted by molar-refractivity contribution is 7.16. The van der Waals surface area contributed by atoms with Crippen LogP contribution < -0.4 is 15.1 Å². The van der Waals surface area contributed by atoms with Crippen LogP contribution in [0.4, 0.5) is 10.1 Å². The first-order chi connectivity index (χ1) is 13.8. The number of carbonyl (C=O) groups is 2. The van der Waals surface area contributed by atoms with E-state index in [4.69, 9.17) is 11.6 Å². The van der Waals surface area contributed by atoms with Crippen LogP contribution in [0.1, 0.15) is 12.0 Å². The number of nitrogens with one attached hydrogen (secondary N) is 2. The van der Waals surface area contributed by atoms with Gasteiger partial charge in [0.05, 0.1) is 10.2 Å². The van der Waals surface area contributed by atoms with E-state index in [1.54, 1.807) is 18.2 Å². The molecule has 1 saturated heterocycles. The van der Waals surface area contributed by atoms with Gasteiger partial charge in [-0.1, -0.05) is 22.9 Å². The lowest BCUT2D eigenvalue weighted by Gasteiger charge is -2.22. The maximum Gasteiger partial charge on any atom is 0.305 e. The maximum absolute atomic E-state index is 13.4. The minimum atomic E-state index is -2.22. The average Bonchev–Trinajstić information content (AvgIpc) is 3.18. The van der Waals surface area contributed by atoms with Crippen LogP contribution in [-0.4, -0.2) is 34.1 Å². The summed E-state index contributed by atoms with van der Waals surface area (Å²) in [6.45, 7) is 0.0501. The van der Waals surface area contributed by atoms with Gasteiger partial charge >= 0.3 is 4.87 Å². The van der Waals surface area contributed by atoms with E-state index in [0.717, 1.165) is 17.4 Å². The number of aromatic nitrogens is 1. The Hall–Kier alpha value is -2.75. The Labute approximate surface area is 172 Å². The fraction of sp³-hybridized carbons (Fsp3) is 0.211. The minimum absolute atomic E-state index is 0.0881. The van der Waals surface area contributed by atoms with Gasteiger partial charge in [-0.15, -0.1) is 0 Å². The third kappa shape index (κ3) is 3.64. The molecule has 0 radical (unpaired) electrons. The standard InChI is InChI=1S/C19H15ClFN3O4S/c20-11-5-10(6-12(21)7-11)9-22-16(25)19(28)3-4-24(17(19)26)13-1-2-14-15(8-13)29-18(27)23-14/h1-2,5-8,28H,3-4,9H2,(H,22,25)(H,23,27)/t19-/m0/s1. The molecule has 0 spiro atoms. The first kappa shape index (κ1) is 19.6.